The lowest BCUT2D eigenvalue weighted by Gasteiger charge is -2.39. The van der Waals surface area contributed by atoms with Crippen molar-refractivity contribution in [2.24, 2.45) is 5.41 Å². The summed E-state index contributed by atoms with van der Waals surface area (Å²) in [5, 5.41) is 3.42. The van der Waals surface area contributed by atoms with Crippen LogP contribution in [0.4, 0.5) is 0 Å². The van der Waals surface area contributed by atoms with E-state index >= 15 is 0 Å². The Morgan fingerprint density at radius 1 is 1.09 bits per heavy atom. The van der Waals surface area contributed by atoms with Crippen LogP contribution in [-0.4, -0.2) is 31.1 Å². The van der Waals surface area contributed by atoms with Gasteiger partial charge in [0.25, 0.3) is 0 Å². The van der Waals surface area contributed by atoms with Gasteiger partial charge in [0.05, 0.1) is 0 Å². The smallest absolute Gasteiger partial charge is 0.0300 e. The molecule has 1 aromatic carbocycles. The minimum Gasteiger partial charge on any atom is -0.372 e. The molecule has 0 radical (unpaired) electrons. The van der Waals surface area contributed by atoms with Gasteiger partial charge in [-0.1, -0.05) is 26.5 Å². The first-order valence-electron chi connectivity index (χ1n) is 8.95. The van der Waals surface area contributed by atoms with Crippen LogP contribution in [0.15, 0.2) is 18.3 Å². The molecular weight excluding hydrogens is 280 g/mol. The predicted molar refractivity (Wildman–Crippen MR) is 101 cm³/mol. The first-order chi connectivity index (χ1) is 10.7. The third kappa shape index (κ3) is 3.98. The van der Waals surface area contributed by atoms with Crippen molar-refractivity contribution in [1.82, 2.24) is 10.2 Å². The molecule has 0 aliphatic carbocycles. The van der Waals surface area contributed by atoms with Crippen LogP contribution in [0, 0.1) is 33.1 Å². The van der Waals surface area contributed by atoms with Crippen LogP contribution in [0.3, 0.4) is 0 Å². The Hall–Kier alpha value is -1.28. The number of hydrogen-bond acceptors (Lipinski definition) is 2. The second-order valence-electron chi connectivity index (χ2n) is 7.81. The normalized spacial score (nSPS) is 15.8. The predicted octanol–water partition coefficient (Wildman–Crippen LogP) is 4.30. The van der Waals surface area contributed by atoms with Crippen molar-refractivity contribution in [3.05, 3.63) is 46.2 Å². The van der Waals surface area contributed by atoms with Crippen LogP contribution < -0.4 is 5.32 Å². The summed E-state index contributed by atoms with van der Waals surface area (Å²) < 4.78 is 0. The molecule has 1 fully saturated rings. The molecule has 23 heavy (non-hydrogen) atoms. The average molecular weight is 315 g/mol. The van der Waals surface area contributed by atoms with Crippen molar-refractivity contribution in [3.8, 4) is 0 Å². The second-order valence-corrected chi connectivity index (χ2v) is 7.81. The Morgan fingerprint density at radius 3 is 2.30 bits per heavy atom. The van der Waals surface area contributed by atoms with E-state index in [2.05, 4.69) is 64.4 Å². The first-order valence-corrected chi connectivity index (χ1v) is 8.95. The Bertz CT molecular complexity index is 578. The van der Waals surface area contributed by atoms with E-state index in [1.54, 1.807) is 0 Å². The van der Waals surface area contributed by atoms with Crippen molar-refractivity contribution in [2.45, 2.75) is 54.4 Å². The molecule has 2 rings (SSSR count). The molecule has 1 heterocycles. The van der Waals surface area contributed by atoms with Gasteiger partial charge in [-0.25, -0.2) is 0 Å². The Kier molecular flexibility index (Phi) is 5.57. The molecule has 2 nitrogen and oxygen atoms in total. The van der Waals surface area contributed by atoms with Gasteiger partial charge in [-0.3, -0.25) is 0 Å². The molecule has 0 saturated carbocycles. The monoisotopic (exact) mass is 314 g/mol. The summed E-state index contributed by atoms with van der Waals surface area (Å²) >= 11 is 0. The van der Waals surface area contributed by atoms with Gasteiger partial charge in [0.2, 0.25) is 0 Å². The quantitative estimate of drug-likeness (QED) is 0.872. The van der Waals surface area contributed by atoms with Crippen LogP contribution in [0.25, 0.3) is 0 Å². The molecule has 128 valence electrons. The van der Waals surface area contributed by atoms with E-state index in [-0.39, 0.29) is 5.41 Å². The van der Waals surface area contributed by atoms with Crippen LogP contribution in [0.5, 0.6) is 0 Å². The molecule has 0 spiro atoms. The van der Waals surface area contributed by atoms with Gasteiger partial charge >= 0.3 is 0 Å². The topological polar surface area (TPSA) is 15.3 Å². The fourth-order valence-corrected chi connectivity index (χ4v) is 3.67. The van der Waals surface area contributed by atoms with Gasteiger partial charge < -0.3 is 10.2 Å². The van der Waals surface area contributed by atoms with Crippen LogP contribution in [0.2, 0.25) is 0 Å². The van der Waals surface area contributed by atoms with Gasteiger partial charge in [-0.05, 0) is 68.4 Å². The summed E-state index contributed by atoms with van der Waals surface area (Å²) in [4.78, 5) is 2.47. The molecule has 1 aliphatic heterocycles. The number of hydrogen-bond donors (Lipinski definition) is 1. The largest absolute Gasteiger partial charge is 0.372 e. The SMILES string of the molecule is C=C(N1CCNCC1)C(C)(C)CCc1c(C)cc(C)c(C)c1C. The molecule has 1 aliphatic rings. The van der Waals surface area contributed by atoms with Gasteiger partial charge in [-0.2, -0.15) is 0 Å². The van der Waals surface area contributed by atoms with E-state index in [4.69, 9.17) is 0 Å². The highest BCUT2D eigenvalue weighted by Crippen LogP contribution is 2.34. The zero-order chi connectivity index (χ0) is 17.2. The van der Waals surface area contributed by atoms with E-state index < -0.39 is 0 Å². The number of nitrogens with zero attached hydrogens (tertiary/aromatic N) is 1. The third-order valence-corrected chi connectivity index (χ3v) is 5.80. The number of benzene rings is 1. The number of aryl methyl sites for hydroxylation is 2. The minimum atomic E-state index is 0.148. The van der Waals surface area contributed by atoms with Crippen LogP contribution in [-0.2, 0) is 6.42 Å². The maximum atomic E-state index is 4.44. The van der Waals surface area contributed by atoms with Crippen molar-refractivity contribution >= 4 is 0 Å². The van der Waals surface area contributed by atoms with E-state index in [9.17, 15) is 0 Å². The molecule has 1 N–H and O–H groups in total. The van der Waals surface area contributed by atoms with Crippen molar-refractivity contribution in [3.63, 3.8) is 0 Å². The van der Waals surface area contributed by atoms with Crippen molar-refractivity contribution in [2.75, 3.05) is 26.2 Å². The summed E-state index contributed by atoms with van der Waals surface area (Å²) in [5.41, 5.74) is 8.76. The Labute approximate surface area is 143 Å². The zero-order valence-electron chi connectivity index (χ0n) is 16.0. The summed E-state index contributed by atoms with van der Waals surface area (Å²) in [6.07, 6.45) is 2.29. The fraction of sp³-hybridized carbons (Fsp3) is 0.619. The zero-order valence-corrected chi connectivity index (χ0v) is 16.0. The first kappa shape index (κ1) is 18.1. The molecule has 1 aromatic rings. The molecule has 0 amide bonds. The summed E-state index contributed by atoms with van der Waals surface area (Å²) in [6.45, 7) is 22.5. The molecule has 0 atom stereocenters. The van der Waals surface area contributed by atoms with E-state index in [0.29, 0.717) is 0 Å². The number of piperazine rings is 1. The lowest BCUT2D eigenvalue weighted by atomic mass is 9.80. The van der Waals surface area contributed by atoms with Gasteiger partial charge in [0.15, 0.2) is 0 Å². The molecular formula is C21H34N2. The standard InChI is InChI=1S/C21H34N2/c1-15-14-16(2)20(18(4)17(15)3)8-9-21(6,7)19(5)23-12-10-22-11-13-23/h14,22H,5,8-13H2,1-4,6-7H3. The molecule has 0 bridgehead atoms. The second kappa shape index (κ2) is 7.09. The number of rotatable bonds is 5. The highest BCUT2D eigenvalue weighted by Gasteiger charge is 2.27. The third-order valence-electron chi connectivity index (χ3n) is 5.80. The van der Waals surface area contributed by atoms with Crippen LogP contribution in [0.1, 0.15) is 48.1 Å². The Balaban J connectivity index is 2.10. The minimum absolute atomic E-state index is 0.148. The summed E-state index contributed by atoms with van der Waals surface area (Å²) in [5.74, 6) is 0. The van der Waals surface area contributed by atoms with Crippen molar-refractivity contribution in [1.29, 1.82) is 0 Å². The Morgan fingerprint density at radius 2 is 1.70 bits per heavy atom. The van der Waals surface area contributed by atoms with E-state index in [1.807, 2.05) is 0 Å². The molecule has 0 unspecified atom stereocenters. The van der Waals surface area contributed by atoms with Crippen molar-refractivity contribution < 1.29 is 0 Å². The number of nitrogens with one attached hydrogen (secondary N) is 1. The lowest BCUT2D eigenvalue weighted by Crippen LogP contribution is -2.45. The number of allylic oxidation sites excluding steroid dienone is 1. The fourth-order valence-electron chi connectivity index (χ4n) is 3.67. The van der Waals surface area contributed by atoms with Gasteiger partial charge in [0.1, 0.15) is 0 Å². The summed E-state index contributed by atoms with van der Waals surface area (Å²) in [7, 11) is 0. The highest BCUT2D eigenvalue weighted by atomic mass is 15.2. The highest BCUT2D eigenvalue weighted by molar-refractivity contribution is 5.44. The van der Waals surface area contributed by atoms with E-state index in [0.717, 1.165) is 39.0 Å². The van der Waals surface area contributed by atoms with Crippen LogP contribution >= 0.6 is 0 Å². The molecule has 2 heteroatoms. The van der Waals surface area contributed by atoms with Gasteiger partial charge in [-0.15, -0.1) is 0 Å². The lowest BCUT2D eigenvalue weighted by molar-refractivity contribution is 0.223. The molecule has 1 saturated heterocycles. The van der Waals surface area contributed by atoms with E-state index in [1.165, 1.54) is 33.5 Å². The molecule has 0 aromatic heterocycles. The van der Waals surface area contributed by atoms with Gasteiger partial charge in [0, 0.05) is 37.3 Å². The average Bonchev–Trinajstić information content (AvgIpc) is 2.52. The maximum Gasteiger partial charge on any atom is 0.0300 e. The maximum absolute atomic E-state index is 4.44. The summed E-state index contributed by atoms with van der Waals surface area (Å²) in [6, 6.07) is 2.34.